The molecule has 0 amide bonds. The quantitative estimate of drug-likeness (QED) is 0.159. The van der Waals surface area contributed by atoms with Gasteiger partial charge in [-0.2, -0.15) is 5.10 Å². The van der Waals surface area contributed by atoms with Gasteiger partial charge in [0.25, 0.3) is 0 Å². The summed E-state index contributed by atoms with van der Waals surface area (Å²) in [5, 5.41) is 21.7. The van der Waals surface area contributed by atoms with Crippen molar-refractivity contribution >= 4 is 28.8 Å². The fraction of sp³-hybridized carbons (Fsp3) is 0.211. The normalized spacial score (nSPS) is 10.3. The Bertz CT molecular complexity index is 1010. The van der Waals surface area contributed by atoms with Gasteiger partial charge in [-0.1, -0.05) is 6.07 Å². The van der Waals surface area contributed by atoms with Crippen LogP contribution in [0.25, 0.3) is 4.85 Å². The number of ether oxygens (including phenoxy) is 1. The molecule has 0 saturated heterocycles. The minimum absolute atomic E-state index is 0.345. The van der Waals surface area contributed by atoms with Crippen molar-refractivity contribution in [2.24, 2.45) is 0 Å². The largest absolute Gasteiger partial charge is 0.492 e. The minimum atomic E-state index is 0.345. The molecule has 0 aliphatic heterocycles. The Kier molecular flexibility index (Phi) is 6.47. The number of hydrogen-bond acceptors (Lipinski definition) is 8. The van der Waals surface area contributed by atoms with Crippen molar-refractivity contribution in [2.75, 3.05) is 29.3 Å². The SMILES string of the molecule is [C-]#[N+]c1c(C)cc(Nc2cc(C)[nH]n2)nc1NCCOc1cccc(NOO)c1. The molecule has 0 aliphatic rings. The van der Waals surface area contributed by atoms with Crippen molar-refractivity contribution in [1.29, 1.82) is 0 Å². The van der Waals surface area contributed by atoms with Gasteiger partial charge in [0.2, 0.25) is 5.69 Å². The first-order valence-electron chi connectivity index (χ1n) is 8.80. The van der Waals surface area contributed by atoms with Crippen LogP contribution >= 0.6 is 0 Å². The van der Waals surface area contributed by atoms with E-state index in [0.717, 1.165) is 11.3 Å². The fourth-order valence-corrected chi connectivity index (χ4v) is 2.65. The molecular weight excluding hydrogens is 374 g/mol. The number of aromatic nitrogens is 3. The van der Waals surface area contributed by atoms with E-state index in [0.29, 0.717) is 47.7 Å². The lowest BCUT2D eigenvalue weighted by Gasteiger charge is -2.13. The molecule has 0 spiro atoms. The van der Waals surface area contributed by atoms with E-state index >= 15 is 0 Å². The van der Waals surface area contributed by atoms with E-state index in [4.69, 9.17) is 16.6 Å². The highest BCUT2D eigenvalue weighted by Gasteiger charge is 2.11. The van der Waals surface area contributed by atoms with E-state index in [1.807, 2.05) is 19.9 Å². The van der Waals surface area contributed by atoms with Crippen LogP contribution in [0.2, 0.25) is 0 Å². The standard InChI is InChI=1S/C19H21N7O3/c1-12-9-16(22-17-10-13(2)24-25-17)23-19(18(12)20-3)21-7-8-28-15-6-4-5-14(11-15)26-29-27/h4-6,9-11,26-27H,7-8H2,1-2H3,(H3,21,22,23,24,25). The summed E-state index contributed by atoms with van der Waals surface area (Å²) in [7, 11) is 0. The summed E-state index contributed by atoms with van der Waals surface area (Å²) in [6.45, 7) is 12.0. The molecule has 29 heavy (non-hydrogen) atoms. The zero-order valence-corrected chi connectivity index (χ0v) is 16.0. The molecule has 3 aromatic rings. The Morgan fingerprint density at radius 2 is 2.07 bits per heavy atom. The fourth-order valence-electron chi connectivity index (χ4n) is 2.65. The number of nitrogens with zero attached hydrogens (tertiary/aromatic N) is 3. The Morgan fingerprint density at radius 1 is 1.21 bits per heavy atom. The average molecular weight is 395 g/mol. The molecule has 150 valence electrons. The van der Waals surface area contributed by atoms with Gasteiger partial charge in [0, 0.05) is 24.4 Å². The van der Waals surface area contributed by atoms with Crippen molar-refractivity contribution in [2.45, 2.75) is 13.8 Å². The third-order valence-electron chi connectivity index (χ3n) is 3.92. The molecule has 0 aliphatic carbocycles. The minimum Gasteiger partial charge on any atom is -0.492 e. The smallest absolute Gasteiger partial charge is 0.231 e. The summed E-state index contributed by atoms with van der Waals surface area (Å²) in [5.41, 5.74) is 5.06. The number of hydrogen-bond donors (Lipinski definition) is 5. The highest BCUT2D eigenvalue weighted by atomic mass is 17.2. The Hall–Kier alpha value is -3.81. The highest BCUT2D eigenvalue weighted by molar-refractivity contribution is 5.73. The van der Waals surface area contributed by atoms with Crippen LogP contribution in [0.5, 0.6) is 5.75 Å². The predicted molar refractivity (Wildman–Crippen MR) is 110 cm³/mol. The molecule has 0 saturated carbocycles. The lowest BCUT2D eigenvalue weighted by Crippen LogP contribution is -2.13. The number of pyridine rings is 1. The van der Waals surface area contributed by atoms with E-state index in [1.165, 1.54) is 0 Å². The van der Waals surface area contributed by atoms with Gasteiger partial charge in [-0.3, -0.25) is 5.10 Å². The van der Waals surface area contributed by atoms with Crippen LogP contribution in [0.3, 0.4) is 0 Å². The summed E-state index contributed by atoms with van der Waals surface area (Å²) in [5.74, 6) is 2.32. The van der Waals surface area contributed by atoms with Crippen molar-refractivity contribution in [3.8, 4) is 5.75 Å². The highest BCUT2D eigenvalue weighted by Crippen LogP contribution is 2.30. The molecule has 0 radical (unpaired) electrons. The van der Waals surface area contributed by atoms with E-state index in [-0.39, 0.29) is 0 Å². The van der Waals surface area contributed by atoms with Gasteiger partial charge >= 0.3 is 0 Å². The number of aryl methyl sites for hydroxylation is 2. The molecule has 0 bridgehead atoms. The maximum Gasteiger partial charge on any atom is 0.231 e. The number of rotatable bonds is 9. The first-order chi connectivity index (χ1) is 14.1. The maximum atomic E-state index is 8.44. The van der Waals surface area contributed by atoms with Crippen LogP contribution in [0.1, 0.15) is 11.3 Å². The van der Waals surface area contributed by atoms with Crippen LogP contribution in [0.4, 0.5) is 28.8 Å². The van der Waals surface area contributed by atoms with Gasteiger partial charge in [-0.15, -0.1) is 4.99 Å². The maximum absolute atomic E-state index is 8.44. The van der Waals surface area contributed by atoms with Crippen molar-refractivity contribution in [3.05, 3.63) is 59.1 Å². The van der Waals surface area contributed by atoms with Gasteiger partial charge in [0.05, 0.1) is 12.3 Å². The molecular formula is C19H21N7O3. The first-order valence-corrected chi connectivity index (χ1v) is 8.80. The van der Waals surface area contributed by atoms with E-state index in [2.05, 4.69) is 41.1 Å². The second-order valence-electron chi connectivity index (χ2n) is 6.19. The van der Waals surface area contributed by atoms with Gasteiger partial charge in [0.15, 0.2) is 5.82 Å². The molecule has 5 N–H and O–H groups in total. The van der Waals surface area contributed by atoms with Crippen LogP contribution in [-0.2, 0) is 4.99 Å². The second kappa shape index (κ2) is 9.41. The number of H-pyrrole nitrogens is 1. The molecule has 10 nitrogen and oxygen atoms in total. The zero-order valence-electron chi connectivity index (χ0n) is 16.0. The lowest BCUT2D eigenvalue weighted by molar-refractivity contribution is -0.215. The summed E-state index contributed by atoms with van der Waals surface area (Å²) < 4.78 is 5.67. The average Bonchev–Trinajstić information content (AvgIpc) is 3.10. The number of benzene rings is 1. The Balaban J connectivity index is 1.63. The number of anilines is 4. The molecule has 2 heterocycles. The monoisotopic (exact) mass is 395 g/mol. The Labute approximate surface area is 167 Å². The van der Waals surface area contributed by atoms with E-state index in [9.17, 15) is 0 Å². The summed E-state index contributed by atoms with van der Waals surface area (Å²) in [4.78, 5) is 12.0. The molecule has 3 rings (SSSR count). The summed E-state index contributed by atoms with van der Waals surface area (Å²) in [6, 6.07) is 10.6. The zero-order chi connectivity index (χ0) is 20.6. The predicted octanol–water partition coefficient (Wildman–Crippen LogP) is 4.02. The van der Waals surface area contributed by atoms with Gasteiger partial charge in [0.1, 0.15) is 24.0 Å². The lowest BCUT2D eigenvalue weighted by atomic mass is 10.2. The third-order valence-corrected chi connectivity index (χ3v) is 3.92. The van der Waals surface area contributed by atoms with Crippen molar-refractivity contribution in [1.82, 2.24) is 15.2 Å². The van der Waals surface area contributed by atoms with Gasteiger partial charge in [-0.25, -0.2) is 20.6 Å². The van der Waals surface area contributed by atoms with Crippen molar-refractivity contribution in [3.63, 3.8) is 0 Å². The number of nitrogens with one attached hydrogen (secondary N) is 4. The summed E-state index contributed by atoms with van der Waals surface area (Å²) in [6.07, 6.45) is 0. The number of aromatic amines is 1. The molecule has 1 aromatic carbocycles. The van der Waals surface area contributed by atoms with Crippen molar-refractivity contribution < 1.29 is 15.0 Å². The molecule has 10 heteroatoms. The molecule has 0 fully saturated rings. The van der Waals surface area contributed by atoms with Gasteiger partial charge < -0.3 is 15.4 Å². The van der Waals surface area contributed by atoms with E-state index < -0.39 is 0 Å². The van der Waals surface area contributed by atoms with E-state index in [1.54, 1.807) is 30.3 Å². The van der Waals surface area contributed by atoms with Crippen LogP contribution < -0.4 is 20.9 Å². The molecule has 0 atom stereocenters. The Morgan fingerprint density at radius 3 is 2.79 bits per heavy atom. The summed E-state index contributed by atoms with van der Waals surface area (Å²) >= 11 is 0. The topological polar surface area (TPSA) is 121 Å². The van der Waals surface area contributed by atoms with Crippen LogP contribution in [-0.4, -0.2) is 33.6 Å². The second-order valence-corrected chi connectivity index (χ2v) is 6.19. The third kappa shape index (κ3) is 5.35. The first kappa shape index (κ1) is 19.9. The van der Waals surface area contributed by atoms with Gasteiger partial charge in [-0.05, 0) is 37.6 Å². The van der Waals surface area contributed by atoms with Crippen LogP contribution in [0, 0.1) is 20.4 Å². The molecule has 2 aromatic heterocycles. The molecule has 0 unspecified atom stereocenters. The van der Waals surface area contributed by atoms with Crippen LogP contribution in [0.15, 0.2) is 36.4 Å².